The summed E-state index contributed by atoms with van der Waals surface area (Å²) in [6.07, 6.45) is 5.08. The lowest BCUT2D eigenvalue weighted by Gasteiger charge is -2.40. The summed E-state index contributed by atoms with van der Waals surface area (Å²) in [5.41, 5.74) is -1.04. The van der Waals surface area contributed by atoms with Crippen molar-refractivity contribution in [2.45, 2.75) is 70.4 Å². The molecule has 1 aliphatic carbocycles. The molecule has 0 aromatic heterocycles. The maximum absolute atomic E-state index is 13.0. The number of nitrogens with zero attached hydrogens (tertiary/aromatic N) is 1. The summed E-state index contributed by atoms with van der Waals surface area (Å²) in [6, 6.07) is 0. The molecule has 5 heteroatoms. The number of ether oxygens (including phenoxy) is 1. The molecule has 0 aromatic carbocycles. The predicted octanol–water partition coefficient (Wildman–Crippen LogP) is 1.85. The number of hydrogen-bond donors (Lipinski definition) is 1. The van der Waals surface area contributed by atoms with Gasteiger partial charge in [0.1, 0.15) is 5.54 Å². The van der Waals surface area contributed by atoms with E-state index in [4.69, 9.17) is 4.74 Å². The van der Waals surface area contributed by atoms with Gasteiger partial charge in [-0.15, -0.1) is 0 Å². The van der Waals surface area contributed by atoms with E-state index in [2.05, 4.69) is 5.32 Å². The van der Waals surface area contributed by atoms with Gasteiger partial charge < -0.3 is 15.0 Å². The minimum absolute atomic E-state index is 0.00182. The van der Waals surface area contributed by atoms with Gasteiger partial charge in [-0.25, -0.2) is 0 Å². The van der Waals surface area contributed by atoms with Crippen LogP contribution in [0.25, 0.3) is 0 Å². The van der Waals surface area contributed by atoms with E-state index in [0.717, 1.165) is 32.1 Å². The van der Waals surface area contributed by atoms with Crippen LogP contribution < -0.4 is 5.32 Å². The number of nitrogens with one attached hydrogen (secondary N) is 1. The Labute approximate surface area is 127 Å². The Hall–Kier alpha value is -1.10. The van der Waals surface area contributed by atoms with Crippen LogP contribution in [0, 0.1) is 0 Å². The summed E-state index contributed by atoms with van der Waals surface area (Å²) >= 11 is 0. The molecular weight excluding hydrogens is 268 g/mol. The number of carbonyl (C=O) groups excluding carboxylic acids is 2. The molecule has 1 spiro atoms. The van der Waals surface area contributed by atoms with Crippen LogP contribution in [0.15, 0.2) is 0 Å². The second kappa shape index (κ2) is 6.34. The van der Waals surface area contributed by atoms with Gasteiger partial charge in [0.15, 0.2) is 0 Å². The number of hydrogen-bond acceptors (Lipinski definition) is 3. The Kier molecular flexibility index (Phi) is 4.91. The van der Waals surface area contributed by atoms with Crippen molar-refractivity contribution in [2.24, 2.45) is 0 Å². The molecule has 2 rings (SSSR count). The highest BCUT2D eigenvalue weighted by Gasteiger charge is 2.45. The van der Waals surface area contributed by atoms with Crippen molar-refractivity contribution < 1.29 is 14.3 Å². The molecule has 0 bridgehead atoms. The standard InChI is InChI=1S/C16H28N2O3/c1-4-21-15(2,3)12-18-11-8-13(19)17-16(14(18)20)9-6-5-7-10-16/h4-12H2,1-3H3,(H,17,19). The van der Waals surface area contributed by atoms with Crippen molar-refractivity contribution >= 4 is 11.8 Å². The Bertz CT molecular complexity index is 400. The van der Waals surface area contributed by atoms with Crippen molar-refractivity contribution in [3.63, 3.8) is 0 Å². The molecule has 0 radical (unpaired) electrons. The largest absolute Gasteiger partial charge is 0.374 e. The van der Waals surface area contributed by atoms with Crippen molar-refractivity contribution in [1.29, 1.82) is 0 Å². The van der Waals surface area contributed by atoms with Crippen LogP contribution in [0.2, 0.25) is 0 Å². The first kappa shape index (κ1) is 16.3. The van der Waals surface area contributed by atoms with Crippen LogP contribution in [0.5, 0.6) is 0 Å². The Morgan fingerprint density at radius 2 is 1.90 bits per heavy atom. The van der Waals surface area contributed by atoms with Crippen LogP contribution in [0.3, 0.4) is 0 Å². The highest BCUT2D eigenvalue weighted by molar-refractivity contribution is 5.93. The van der Waals surface area contributed by atoms with Gasteiger partial charge >= 0.3 is 0 Å². The minimum Gasteiger partial charge on any atom is -0.374 e. The average molecular weight is 296 g/mol. The molecular formula is C16H28N2O3. The number of carbonyl (C=O) groups is 2. The fraction of sp³-hybridized carbons (Fsp3) is 0.875. The summed E-state index contributed by atoms with van der Waals surface area (Å²) in [7, 11) is 0. The van der Waals surface area contributed by atoms with Crippen LogP contribution in [-0.2, 0) is 14.3 Å². The molecule has 21 heavy (non-hydrogen) atoms. The van der Waals surface area contributed by atoms with E-state index in [1.165, 1.54) is 0 Å². The van der Waals surface area contributed by atoms with Gasteiger partial charge in [-0.1, -0.05) is 19.3 Å². The zero-order valence-electron chi connectivity index (χ0n) is 13.5. The highest BCUT2D eigenvalue weighted by atomic mass is 16.5. The van der Waals surface area contributed by atoms with Gasteiger partial charge in [-0.2, -0.15) is 0 Å². The highest BCUT2D eigenvalue weighted by Crippen LogP contribution is 2.32. The topological polar surface area (TPSA) is 58.6 Å². The molecule has 5 nitrogen and oxygen atoms in total. The lowest BCUT2D eigenvalue weighted by atomic mass is 9.80. The Morgan fingerprint density at radius 3 is 2.52 bits per heavy atom. The first-order valence-corrected chi connectivity index (χ1v) is 8.13. The monoisotopic (exact) mass is 296 g/mol. The molecule has 1 saturated heterocycles. The summed E-state index contributed by atoms with van der Waals surface area (Å²) in [4.78, 5) is 26.9. The van der Waals surface area contributed by atoms with E-state index in [1.54, 1.807) is 0 Å². The van der Waals surface area contributed by atoms with E-state index < -0.39 is 5.54 Å². The molecule has 120 valence electrons. The fourth-order valence-corrected chi connectivity index (χ4v) is 3.56. The zero-order chi connectivity index (χ0) is 15.5. The van der Waals surface area contributed by atoms with Gasteiger partial charge in [-0.3, -0.25) is 9.59 Å². The normalized spacial score (nSPS) is 23.1. The molecule has 0 unspecified atom stereocenters. The van der Waals surface area contributed by atoms with E-state index >= 15 is 0 Å². The lowest BCUT2D eigenvalue weighted by Crippen LogP contribution is -2.59. The van der Waals surface area contributed by atoms with Crippen molar-refractivity contribution in [3.8, 4) is 0 Å². The molecule has 1 N–H and O–H groups in total. The third-order valence-electron chi connectivity index (χ3n) is 4.50. The average Bonchev–Trinajstić information content (AvgIpc) is 2.52. The van der Waals surface area contributed by atoms with Crippen LogP contribution in [0.4, 0.5) is 0 Å². The van der Waals surface area contributed by atoms with E-state index in [-0.39, 0.29) is 17.4 Å². The van der Waals surface area contributed by atoms with Crippen LogP contribution >= 0.6 is 0 Å². The van der Waals surface area contributed by atoms with Crippen LogP contribution in [-0.4, -0.2) is 47.6 Å². The quantitative estimate of drug-likeness (QED) is 0.861. The van der Waals surface area contributed by atoms with E-state index in [9.17, 15) is 9.59 Å². The van der Waals surface area contributed by atoms with Gasteiger partial charge in [0, 0.05) is 26.1 Å². The maximum atomic E-state index is 13.0. The summed E-state index contributed by atoms with van der Waals surface area (Å²) in [5, 5.41) is 3.02. The van der Waals surface area contributed by atoms with Crippen molar-refractivity contribution in [3.05, 3.63) is 0 Å². The minimum atomic E-state index is -0.659. The van der Waals surface area contributed by atoms with Gasteiger partial charge in [0.05, 0.1) is 5.60 Å². The fourth-order valence-electron chi connectivity index (χ4n) is 3.56. The summed E-state index contributed by atoms with van der Waals surface area (Å²) in [6.45, 7) is 7.60. The molecule has 1 saturated carbocycles. The van der Waals surface area contributed by atoms with E-state index in [0.29, 0.717) is 26.1 Å². The third kappa shape index (κ3) is 3.76. The second-order valence-corrected chi connectivity index (χ2v) is 6.86. The first-order chi connectivity index (χ1) is 9.88. The molecule has 2 fully saturated rings. The molecule has 0 aromatic rings. The van der Waals surface area contributed by atoms with Crippen molar-refractivity contribution in [2.75, 3.05) is 19.7 Å². The molecule has 2 aliphatic rings. The molecule has 1 aliphatic heterocycles. The lowest BCUT2D eigenvalue weighted by molar-refractivity contribution is -0.144. The SMILES string of the molecule is CCOC(C)(C)CN1CCC(=O)NC2(CCCCC2)C1=O. The molecule has 2 amide bonds. The third-order valence-corrected chi connectivity index (χ3v) is 4.50. The van der Waals surface area contributed by atoms with Crippen molar-refractivity contribution in [1.82, 2.24) is 10.2 Å². The van der Waals surface area contributed by atoms with Gasteiger partial charge in [0.25, 0.3) is 0 Å². The van der Waals surface area contributed by atoms with E-state index in [1.807, 2.05) is 25.7 Å². The zero-order valence-corrected chi connectivity index (χ0v) is 13.5. The molecule has 1 heterocycles. The maximum Gasteiger partial charge on any atom is 0.248 e. The first-order valence-electron chi connectivity index (χ1n) is 8.13. The Morgan fingerprint density at radius 1 is 1.24 bits per heavy atom. The van der Waals surface area contributed by atoms with Gasteiger partial charge in [0.2, 0.25) is 11.8 Å². The smallest absolute Gasteiger partial charge is 0.248 e. The predicted molar refractivity (Wildman–Crippen MR) is 80.9 cm³/mol. The Balaban J connectivity index is 2.17. The second-order valence-electron chi connectivity index (χ2n) is 6.86. The number of rotatable bonds is 4. The molecule has 0 atom stereocenters. The van der Waals surface area contributed by atoms with Gasteiger partial charge in [-0.05, 0) is 33.6 Å². The van der Waals surface area contributed by atoms with Crippen LogP contribution in [0.1, 0.15) is 59.3 Å². The number of amides is 2. The summed E-state index contributed by atoms with van der Waals surface area (Å²) in [5.74, 6) is 0.0859. The summed E-state index contributed by atoms with van der Waals surface area (Å²) < 4.78 is 5.72.